The number of nitrogens with zero attached hydrogens (tertiary/aromatic N) is 6. The number of carboxylic acid groups (broad SMARTS) is 1. The molecule has 2 aromatic carbocycles. The van der Waals surface area contributed by atoms with E-state index in [-0.39, 0.29) is 29.3 Å². The molecule has 2 saturated heterocycles. The van der Waals surface area contributed by atoms with Crippen LogP contribution in [-0.2, 0) is 0 Å². The van der Waals surface area contributed by atoms with Gasteiger partial charge in [-0.15, -0.1) is 0 Å². The van der Waals surface area contributed by atoms with Gasteiger partial charge in [-0.3, -0.25) is 9.20 Å². The van der Waals surface area contributed by atoms with Crippen molar-refractivity contribution in [1.82, 2.24) is 9.38 Å². The number of para-hydroxylation sites is 1. The minimum absolute atomic E-state index is 0.00774. The molecular formula is C31H27N7O3. The molecule has 0 saturated carbocycles. The number of aromatic nitrogens is 2. The van der Waals surface area contributed by atoms with Crippen molar-refractivity contribution in [3.8, 4) is 12.1 Å². The lowest BCUT2D eigenvalue weighted by Crippen LogP contribution is -2.47. The van der Waals surface area contributed by atoms with Crippen LogP contribution in [0.1, 0.15) is 52.0 Å². The summed E-state index contributed by atoms with van der Waals surface area (Å²) in [5, 5.41) is 32.1. The standard InChI is InChI=1S/C31H27N7O3/c1-18-11-25(19(2)34-27-6-4-3-5-24(27)31(40)41)28-35-29(26(14-33)30(39)38(28)15-18)37-17-22-12-23(37)16-36(22)21-9-7-20(13-32)8-10-21/h3-11,15,19,22-23,34H,12,16-17H2,1-2H3,(H,40,41)/t19?,22-,23-/m1/s1. The summed E-state index contributed by atoms with van der Waals surface area (Å²) < 4.78 is 1.42. The minimum atomic E-state index is -1.04. The molecule has 0 amide bonds. The van der Waals surface area contributed by atoms with Gasteiger partial charge in [0.25, 0.3) is 5.56 Å². The summed E-state index contributed by atoms with van der Waals surface area (Å²) in [6.45, 7) is 5.09. The lowest BCUT2D eigenvalue weighted by molar-refractivity contribution is 0.0698. The molecular weight excluding hydrogens is 518 g/mol. The van der Waals surface area contributed by atoms with Crippen LogP contribution in [0, 0.1) is 29.6 Å². The highest BCUT2D eigenvalue weighted by Gasteiger charge is 2.45. The van der Waals surface area contributed by atoms with Crippen LogP contribution < -0.4 is 20.7 Å². The molecule has 1 unspecified atom stereocenters. The van der Waals surface area contributed by atoms with Gasteiger partial charge < -0.3 is 20.2 Å². The molecule has 204 valence electrons. The Morgan fingerprint density at radius 1 is 1.07 bits per heavy atom. The quantitative estimate of drug-likeness (QED) is 0.367. The fraction of sp³-hybridized carbons (Fsp3) is 0.258. The van der Waals surface area contributed by atoms with E-state index in [2.05, 4.69) is 27.3 Å². The van der Waals surface area contributed by atoms with E-state index in [0.717, 1.165) is 23.2 Å². The van der Waals surface area contributed by atoms with Gasteiger partial charge in [-0.25, -0.2) is 9.78 Å². The molecule has 4 heterocycles. The first kappa shape index (κ1) is 25.9. The van der Waals surface area contributed by atoms with Gasteiger partial charge in [0.2, 0.25) is 0 Å². The van der Waals surface area contributed by atoms with Crippen molar-refractivity contribution in [2.45, 2.75) is 38.4 Å². The average molecular weight is 546 g/mol. The van der Waals surface area contributed by atoms with E-state index in [9.17, 15) is 20.0 Å². The number of pyridine rings is 1. The highest BCUT2D eigenvalue weighted by Crippen LogP contribution is 2.38. The molecule has 0 aliphatic carbocycles. The number of hydrogen-bond acceptors (Lipinski definition) is 8. The maximum Gasteiger partial charge on any atom is 0.337 e. The highest BCUT2D eigenvalue weighted by molar-refractivity contribution is 5.94. The van der Waals surface area contributed by atoms with Gasteiger partial charge in [-0.2, -0.15) is 10.5 Å². The summed E-state index contributed by atoms with van der Waals surface area (Å²) in [7, 11) is 0. The fourth-order valence-electron chi connectivity index (χ4n) is 6.10. The summed E-state index contributed by atoms with van der Waals surface area (Å²) in [6.07, 6.45) is 2.55. The predicted molar refractivity (Wildman–Crippen MR) is 154 cm³/mol. The molecule has 10 heteroatoms. The van der Waals surface area contributed by atoms with Crippen LogP contribution in [0.2, 0.25) is 0 Å². The predicted octanol–water partition coefficient (Wildman–Crippen LogP) is 4.09. The van der Waals surface area contributed by atoms with Crippen molar-refractivity contribution in [1.29, 1.82) is 10.5 Å². The second kappa shape index (κ2) is 10.00. The highest BCUT2D eigenvalue weighted by atomic mass is 16.4. The molecule has 2 fully saturated rings. The largest absolute Gasteiger partial charge is 0.478 e. The Morgan fingerprint density at radius 3 is 2.44 bits per heavy atom. The first-order valence-electron chi connectivity index (χ1n) is 13.4. The Hall–Kier alpha value is -5.35. The number of fused-ring (bicyclic) bond motifs is 3. The molecule has 2 aliphatic heterocycles. The summed E-state index contributed by atoms with van der Waals surface area (Å²) >= 11 is 0. The van der Waals surface area contributed by atoms with E-state index in [1.165, 1.54) is 10.5 Å². The van der Waals surface area contributed by atoms with Crippen LogP contribution >= 0.6 is 0 Å². The van der Waals surface area contributed by atoms with E-state index >= 15 is 0 Å². The van der Waals surface area contributed by atoms with Crippen LogP contribution in [0.3, 0.4) is 0 Å². The van der Waals surface area contributed by atoms with Crippen LogP contribution in [0.5, 0.6) is 0 Å². The van der Waals surface area contributed by atoms with Crippen LogP contribution in [0.25, 0.3) is 5.65 Å². The van der Waals surface area contributed by atoms with Gasteiger partial charge in [0.1, 0.15) is 11.7 Å². The van der Waals surface area contributed by atoms with Crippen LogP contribution in [0.15, 0.2) is 65.6 Å². The van der Waals surface area contributed by atoms with Crippen molar-refractivity contribution in [3.05, 3.63) is 99.0 Å². The van der Waals surface area contributed by atoms with E-state index in [1.807, 2.05) is 44.2 Å². The van der Waals surface area contributed by atoms with E-state index < -0.39 is 11.5 Å². The van der Waals surface area contributed by atoms with Crippen molar-refractivity contribution < 1.29 is 9.90 Å². The first-order valence-corrected chi connectivity index (χ1v) is 13.4. The lowest BCUT2D eigenvalue weighted by Gasteiger charge is -2.36. The molecule has 2 bridgehead atoms. The van der Waals surface area contributed by atoms with E-state index in [1.54, 1.807) is 24.4 Å². The van der Waals surface area contributed by atoms with Gasteiger partial charge in [-0.1, -0.05) is 12.1 Å². The van der Waals surface area contributed by atoms with Gasteiger partial charge in [0.15, 0.2) is 11.4 Å². The summed E-state index contributed by atoms with van der Waals surface area (Å²) in [4.78, 5) is 34.8. The Bertz CT molecular complexity index is 1830. The number of anilines is 3. The number of carbonyl (C=O) groups is 1. The number of piperazine rings is 1. The summed E-state index contributed by atoms with van der Waals surface area (Å²) in [5.41, 5.74) is 3.80. The molecule has 2 aromatic heterocycles. The second-order valence-electron chi connectivity index (χ2n) is 10.6. The molecule has 10 nitrogen and oxygen atoms in total. The van der Waals surface area contributed by atoms with Crippen molar-refractivity contribution >= 4 is 28.8 Å². The molecule has 4 aromatic rings. The molecule has 2 aliphatic rings. The molecule has 3 atom stereocenters. The average Bonchev–Trinajstić information content (AvgIpc) is 3.59. The van der Waals surface area contributed by atoms with Gasteiger partial charge in [0, 0.05) is 42.3 Å². The van der Waals surface area contributed by atoms with Gasteiger partial charge >= 0.3 is 5.97 Å². The summed E-state index contributed by atoms with van der Waals surface area (Å²) in [5.74, 6) is -0.656. The van der Waals surface area contributed by atoms with Gasteiger partial charge in [0.05, 0.1) is 29.3 Å². The third-order valence-corrected chi connectivity index (χ3v) is 8.02. The normalized spacial score (nSPS) is 18.2. The Balaban J connectivity index is 1.38. The Morgan fingerprint density at radius 2 is 1.78 bits per heavy atom. The molecule has 0 radical (unpaired) electrons. The number of aryl methyl sites for hydroxylation is 1. The number of nitriles is 2. The number of hydrogen-bond donors (Lipinski definition) is 2. The minimum Gasteiger partial charge on any atom is -0.478 e. The smallest absolute Gasteiger partial charge is 0.337 e. The maximum atomic E-state index is 13.7. The molecule has 41 heavy (non-hydrogen) atoms. The van der Waals surface area contributed by atoms with E-state index in [4.69, 9.17) is 10.2 Å². The van der Waals surface area contributed by atoms with Crippen LogP contribution in [0.4, 0.5) is 17.2 Å². The first-order chi connectivity index (χ1) is 19.8. The van der Waals surface area contributed by atoms with Crippen LogP contribution in [-0.4, -0.2) is 45.6 Å². The number of aromatic carboxylic acids is 1. The SMILES string of the molecule is Cc1cc(C(C)Nc2ccccc2C(=O)O)c2nc(N3C[C@H]4C[C@@H]3CN4c3ccc(C#N)cc3)c(C#N)c(=O)n2c1. The lowest BCUT2D eigenvalue weighted by atomic mass is 10.1. The Kier molecular flexibility index (Phi) is 6.32. The number of benzene rings is 2. The number of nitrogens with one attached hydrogen (secondary N) is 1. The fourth-order valence-corrected chi connectivity index (χ4v) is 6.10. The third kappa shape index (κ3) is 4.40. The Labute approximate surface area is 236 Å². The topological polar surface area (TPSA) is 138 Å². The maximum absolute atomic E-state index is 13.7. The number of rotatable bonds is 6. The zero-order valence-electron chi connectivity index (χ0n) is 22.6. The summed E-state index contributed by atoms with van der Waals surface area (Å²) in [6, 6.07) is 20.3. The monoisotopic (exact) mass is 545 g/mol. The van der Waals surface area contributed by atoms with Crippen molar-refractivity contribution in [2.75, 3.05) is 28.2 Å². The van der Waals surface area contributed by atoms with E-state index in [0.29, 0.717) is 35.8 Å². The zero-order chi connectivity index (χ0) is 28.8. The molecule has 2 N–H and O–H groups in total. The van der Waals surface area contributed by atoms with Crippen molar-refractivity contribution in [3.63, 3.8) is 0 Å². The zero-order valence-corrected chi connectivity index (χ0v) is 22.6. The van der Waals surface area contributed by atoms with Crippen molar-refractivity contribution in [2.24, 2.45) is 0 Å². The van der Waals surface area contributed by atoms with Gasteiger partial charge in [-0.05, 0) is 68.3 Å². The molecule has 6 rings (SSSR count). The second-order valence-corrected chi connectivity index (χ2v) is 10.6. The number of carboxylic acids is 1. The molecule has 0 spiro atoms. The third-order valence-electron chi connectivity index (χ3n) is 8.02.